The highest BCUT2D eigenvalue weighted by molar-refractivity contribution is 4.97. The third-order valence-electron chi connectivity index (χ3n) is 2.21. The van der Waals surface area contributed by atoms with Gasteiger partial charge in [-0.2, -0.15) is 0 Å². The highest BCUT2D eigenvalue weighted by Crippen LogP contribution is 2.47. The van der Waals surface area contributed by atoms with Gasteiger partial charge in [0.2, 0.25) is 0 Å². The van der Waals surface area contributed by atoms with Crippen LogP contribution in [-0.4, -0.2) is 19.3 Å². The topological polar surface area (TPSA) is 35.2 Å². The summed E-state index contributed by atoms with van der Waals surface area (Å²) in [4.78, 5) is 0. The molecule has 0 aromatic heterocycles. The van der Waals surface area contributed by atoms with Crippen molar-refractivity contribution < 1.29 is 4.74 Å². The molecule has 1 unspecified atom stereocenters. The van der Waals surface area contributed by atoms with E-state index in [2.05, 4.69) is 0 Å². The highest BCUT2D eigenvalue weighted by Gasteiger charge is 2.48. The number of fused-ring (bicyclic) bond motifs is 1. The Hall–Kier alpha value is -0.0800. The quantitative estimate of drug-likeness (QED) is 0.518. The largest absolute Gasteiger partial charge is 0.376 e. The first-order valence-electron chi connectivity index (χ1n) is 3.23. The lowest BCUT2D eigenvalue weighted by atomic mass is 10.2. The first kappa shape index (κ1) is 4.77. The standard InChI is InChI=1S/C6H11NO/c7-2-6-5-1-4(5)3-8-6/h4-6H,1-3,7H2/t4-,5?,6-/m1/s1. The molecule has 1 heterocycles. The van der Waals surface area contributed by atoms with E-state index in [0.717, 1.165) is 25.0 Å². The number of ether oxygens (including phenoxy) is 1. The molecule has 1 aliphatic carbocycles. The molecular weight excluding hydrogens is 102 g/mol. The van der Waals surface area contributed by atoms with Crippen LogP contribution < -0.4 is 5.73 Å². The molecule has 2 rings (SSSR count). The second kappa shape index (κ2) is 1.45. The summed E-state index contributed by atoms with van der Waals surface area (Å²) in [5.74, 6) is 1.74. The fraction of sp³-hybridized carbons (Fsp3) is 1.00. The summed E-state index contributed by atoms with van der Waals surface area (Å²) in [6.07, 6.45) is 1.79. The van der Waals surface area contributed by atoms with Crippen LogP contribution in [0.5, 0.6) is 0 Å². The van der Waals surface area contributed by atoms with Crippen molar-refractivity contribution in [3.05, 3.63) is 0 Å². The van der Waals surface area contributed by atoms with E-state index in [4.69, 9.17) is 10.5 Å². The summed E-state index contributed by atoms with van der Waals surface area (Å²) in [7, 11) is 0. The molecule has 0 aromatic carbocycles. The maximum absolute atomic E-state index is 5.43. The van der Waals surface area contributed by atoms with Crippen LogP contribution in [0.1, 0.15) is 6.42 Å². The average molecular weight is 113 g/mol. The molecule has 0 amide bonds. The van der Waals surface area contributed by atoms with Crippen LogP contribution >= 0.6 is 0 Å². The third kappa shape index (κ3) is 0.501. The van der Waals surface area contributed by atoms with Crippen molar-refractivity contribution >= 4 is 0 Å². The van der Waals surface area contributed by atoms with Crippen molar-refractivity contribution in [2.75, 3.05) is 13.2 Å². The predicted molar refractivity (Wildman–Crippen MR) is 30.4 cm³/mol. The lowest BCUT2D eigenvalue weighted by molar-refractivity contribution is 0.0859. The minimum atomic E-state index is 0.417. The Bertz CT molecular complexity index is 105. The minimum absolute atomic E-state index is 0.417. The maximum atomic E-state index is 5.43. The number of hydrogen-bond acceptors (Lipinski definition) is 2. The molecule has 0 aromatic rings. The van der Waals surface area contributed by atoms with Gasteiger partial charge in [-0.25, -0.2) is 0 Å². The Kier molecular flexibility index (Phi) is 0.866. The Labute approximate surface area is 49.0 Å². The molecule has 2 aliphatic rings. The second-order valence-electron chi connectivity index (χ2n) is 2.77. The maximum Gasteiger partial charge on any atom is 0.0729 e. The van der Waals surface area contributed by atoms with E-state index in [-0.39, 0.29) is 0 Å². The van der Waals surface area contributed by atoms with Crippen molar-refractivity contribution in [2.24, 2.45) is 17.6 Å². The molecule has 3 atom stereocenters. The molecule has 2 heteroatoms. The minimum Gasteiger partial charge on any atom is -0.376 e. The SMILES string of the molecule is NC[C@H]1OC[C@H]2CC21. The Morgan fingerprint density at radius 1 is 1.62 bits per heavy atom. The van der Waals surface area contributed by atoms with Gasteiger partial charge in [0.15, 0.2) is 0 Å². The number of rotatable bonds is 1. The molecule has 8 heavy (non-hydrogen) atoms. The van der Waals surface area contributed by atoms with Crippen LogP contribution in [0.3, 0.4) is 0 Å². The zero-order chi connectivity index (χ0) is 5.56. The van der Waals surface area contributed by atoms with Crippen LogP contribution in [0.15, 0.2) is 0 Å². The molecule has 0 bridgehead atoms. The van der Waals surface area contributed by atoms with Crippen molar-refractivity contribution in [3.63, 3.8) is 0 Å². The molecule has 1 saturated heterocycles. The summed E-state index contributed by atoms with van der Waals surface area (Å²) >= 11 is 0. The number of nitrogens with two attached hydrogens (primary N) is 1. The summed E-state index contributed by atoms with van der Waals surface area (Å²) in [5.41, 5.74) is 5.43. The van der Waals surface area contributed by atoms with Gasteiger partial charge in [0.05, 0.1) is 12.7 Å². The van der Waals surface area contributed by atoms with Crippen molar-refractivity contribution in [1.82, 2.24) is 0 Å². The lowest BCUT2D eigenvalue weighted by Gasteiger charge is -2.06. The Morgan fingerprint density at radius 2 is 2.50 bits per heavy atom. The van der Waals surface area contributed by atoms with Crippen molar-refractivity contribution in [2.45, 2.75) is 12.5 Å². The molecule has 1 aliphatic heterocycles. The molecule has 0 spiro atoms. The summed E-state index contributed by atoms with van der Waals surface area (Å²) in [6.45, 7) is 1.70. The molecule has 2 fully saturated rings. The second-order valence-corrected chi connectivity index (χ2v) is 2.77. The Balaban J connectivity index is 1.97. The van der Waals surface area contributed by atoms with E-state index in [1.54, 1.807) is 0 Å². The first-order chi connectivity index (χ1) is 3.92. The van der Waals surface area contributed by atoms with E-state index in [9.17, 15) is 0 Å². The fourth-order valence-electron chi connectivity index (χ4n) is 1.53. The van der Waals surface area contributed by atoms with Gasteiger partial charge in [-0.3, -0.25) is 0 Å². The fourth-order valence-corrected chi connectivity index (χ4v) is 1.53. The van der Waals surface area contributed by atoms with E-state index >= 15 is 0 Å². The van der Waals surface area contributed by atoms with Gasteiger partial charge in [0, 0.05) is 6.54 Å². The van der Waals surface area contributed by atoms with Crippen molar-refractivity contribution in [1.29, 1.82) is 0 Å². The first-order valence-corrected chi connectivity index (χ1v) is 3.23. The average Bonchev–Trinajstić information content (AvgIpc) is 2.46. The third-order valence-corrected chi connectivity index (χ3v) is 2.21. The van der Waals surface area contributed by atoms with Gasteiger partial charge in [-0.1, -0.05) is 0 Å². The normalized spacial score (nSPS) is 51.4. The summed E-state index contributed by atoms with van der Waals surface area (Å²) < 4.78 is 5.34. The molecule has 2 nitrogen and oxygen atoms in total. The van der Waals surface area contributed by atoms with Crippen LogP contribution in [-0.2, 0) is 4.74 Å². The van der Waals surface area contributed by atoms with Gasteiger partial charge in [0.25, 0.3) is 0 Å². The summed E-state index contributed by atoms with van der Waals surface area (Å²) in [6, 6.07) is 0. The molecular formula is C6H11NO. The highest BCUT2D eigenvalue weighted by atomic mass is 16.5. The smallest absolute Gasteiger partial charge is 0.0729 e. The van der Waals surface area contributed by atoms with Gasteiger partial charge in [-0.15, -0.1) is 0 Å². The van der Waals surface area contributed by atoms with E-state index in [0.29, 0.717) is 6.10 Å². The zero-order valence-electron chi connectivity index (χ0n) is 4.84. The Morgan fingerprint density at radius 3 is 2.75 bits per heavy atom. The number of hydrogen-bond donors (Lipinski definition) is 1. The van der Waals surface area contributed by atoms with Crippen LogP contribution in [0.4, 0.5) is 0 Å². The zero-order valence-corrected chi connectivity index (χ0v) is 4.84. The van der Waals surface area contributed by atoms with Crippen LogP contribution in [0.25, 0.3) is 0 Å². The summed E-state index contributed by atoms with van der Waals surface area (Å²) in [5, 5.41) is 0. The molecule has 1 saturated carbocycles. The predicted octanol–water partition coefficient (Wildman–Crippen LogP) is -0.0200. The van der Waals surface area contributed by atoms with E-state index in [1.165, 1.54) is 6.42 Å². The van der Waals surface area contributed by atoms with Crippen LogP contribution in [0, 0.1) is 11.8 Å². The molecule has 2 N–H and O–H groups in total. The van der Waals surface area contributed by atoms with Gasteiger partial charge < -0.3 is 10.5 Å². The van der Waals surface area contributed by atoms with Crippen molar-refractivity contribution in [3.8, 4) is 0 Å². The van der Waals surface area contributed by atoms with Crippen LogP contribution in [0.2, 0.25) is 0 Å². The molecule has 46 valence electrons. The lowest BCUT2D eigenvalue weighted by Crippen LogP contribution is -2.22. The van der Waals surface area contributed by atoms with Gasteiger partial charge >= 0.3 is 0 Å². The molecule has 0 radical (unpaired) electrons. The monoisotopic (exact) mass is 113 g/mol. The van der Waals surface area contributed by atoms with Gasteiger partial charge in [0.1, 0.15) is 0 Å². The van der Waals surface area contributed by atoms with E-state index < -0.39 is 0 Å². The van der Waals surface area contributed by atoms with E-state index in [1.807, 2.05) is 0 Å². The van der Waals surface area contributed by atoms with Gasteiger partial charge in [-0.05, 0) is 18.3 Å².